The third kappa shape index (κ3) is 1.37. The molecule has 3 rings (SSSR count). The van der Waals surface area contributed by atoms with Crippen molar-refractivity contribution in [2.45, 2.75) is 11.8 Å². The van der Waals surface area contributed by atoms with Crippen molar-refractivity contribution >= 4 is 40.5 Å². The Kier molecular flexibility index (Phi) is 2.52. The first-order chi connectivity index (χ1) is 7.64. The first-order valence-electron chi connectivity index (χ1n) is 5.27. The molecule has 1 saturated heterocycles. The number of hydrogen-bond acceptors (Lipinski definition) is 2. The molecule has 1 atom stereocenters. The van der Waals surface area contributed by atoms with Crippen LogP contribution in [-0.4, -0.2) is 19.6 Å². The summed E-state index contributed by atoms with van der Waals surface area (Å²) >= 11 is 18.3. The first kappa shape index (κ1) is 11.0. The van der Waals surface area contributed by atoms with Gasteiger partial charge in [-0.05, 0) is 24.6 Å². The quantitative estimate of drug-likeness (QED) is 0.711. The minimum atomic E-state index is 0.146. The predicted molar refractivity (Wildman–Crippen MR) is 69.1 cm³/mol. The molecule has 0 saturated carbocycles. The summed E-state index contributed by atoms with van der Waals surface area (Å²) in [6, 6.07) is 1.96. The summed E-state index contributed by atoms with van der Waals surface area (Å²) in [5.74, 6) is 0. The van der Waals surface area contributed by atoms with Crippen LogP contribution in [0.2, 0.25) is 15.1 Å². The summed E-state index contributed by atoms with van der Waals surface area (Å²) in [4.78, 5) is 0. The van der Waals surface area contributed by atoms with Crippen molar-refractivity contribution in [3.8, 4) is 0 Å². The molecule has 1 aromatic rings. The second kappa shape index (κ2) is 3.67. The van der Waals surface area contributed by atoms with Crippen LogP contribution in [0.25, 0.3) is 0 Å². The molecule has 0 bridgehead atoms. The Balaban J connectivity index is 2.20. The molecular weight excluding hydrogens is 266 g/mol. The highest BCUT2D eigenvalue weighted by molar-refractivity contribution is 6.49. The van der Waals surface area contributed by atoms with Gasteiger partial charge in [-0.25, -0.2) is 0 Å². The average Bonchev–Trinajstić information content (AvgIpc) is 2.86. The fraction of sp³-hybridized carbons (Fsp3) is 0.455. The van der Waals surface area contributed by atoms with Gasteiger partial charge < -0.3 is 10.6 Å². The predicted octanol–water partition coefficient (Wildman–Crippen LogP) is 3.30. The van der Waals surface area contributed by atoms with E-state index in [9.17, 15) is 0 Å². The molecule has 2 heterocycles. The van der Waals surface area contributed by atoms with Gasteiger partial charge >= 0.3 is 0 Å². The Morgan fingerprint density at radius 3 is 2.62 bits per heavy atom. The Bertz CT molecular complexity index is 453. The molecule has 2 N–H and O–H groups in total. The highest BCUT2D eigenvalue weighted by Crippen LogP contribution is 2.48. The molecule has 2 nitrogen and oxygen atoms in total. The standard InChI is InChI=1S/C11H11Cl3N2/c12-7-3-6-10(9(14)8(7)13)16-5-11(6)1-2-15-4-11/h3,15-16H,1-2,4-5H2. The smallest absolute Gasteiger partial charge is 0.0841 e. The number of hydrogen-bond donors (Lipinski definition) is 2. The molecule has 2 aliphatic heterocycles. The average molecular weight is 278 g/mol. The Hall–Kier alpha value is -0.150. The monoisotopic (exact) mass is 276 g/mol. The highest BCUT2D eigenvalue weighted by Gasteiger charge is 2.42. The maximum atomic E-state index is 6.21. The minimum absolute atomic E-state index is 0.146. The highest BCUT2D eigenvalue weighted by atomic mass is 35.5. The number of anilines is 1. The van der Waals surface area contributed by atoms with Crippen molar-refractivity contribution < 1.29 is 0 Å². The van der Waals surface area contributed by atoms with Gasteiger partial charge in [0.25, 0.3) is 0 Å². The summed E-state index contributed by atoms with van der Waals surface area (Å²) in [5, 5.41) is 8.28. The van der Waals surface area contributed by atoms with Crippen molar-refractivity contribution in [3.05, 3.63) is 26.7 Å². The van der Waals surface area contributed by atoms with E-state index < -0.39 is 0 Å². The van der Waals surface area contributed by atoms with Gasteiger partial charge in [-0.15, -0.1) is 0 Å². The van der Waals surface area contributed by atoms with E-state index in [-0.39, 0.29) is 5.41 Å². The topological polar surface area (TPSA) is 24.1 Å². The number of halogens is 3. The van der Waals surface area contributed by atoms with Crippen LogP contribution in [0.4, 0.5) is 5.69 Å². The lowest BCUT2D eigenvalue weighted by atomic mass is 9.82. The van der Waals surface area contributed by atoms with E-state index in [0.29, 0.717) is 15.1 Å². The number of benzene rings is 1. The molecule has 0 aromatic heterocycles. The maximum absolute atomic E-state index is 6.21. The van der Waals surface area contributed by atoms with E-state index in [1.807, 2.05) is 6.07 Å². The zero-order valence-electron chi connectivity index (χ0n) is 8.54. The van der Waals surface area contributed by atoms with Crippen molar-refractivity contribution in [2.75, 3.05) is 25.0 Å². The van der Waals surface area contributed by atoms with E-state index in [1.54, 1.807) is 0 Å². The van der Waals surface area contributed by atoms with Gasteiger partial charge in [-0.1, -0.05) is 34.8 Å². The fourth-order valence-electron chi connectivity index (χ4n) is 2.66. The summed E-state index contributed by atoms with van der Waals surface area (Å²) in [6.07, 6.45) is 1.11. The second-order valence-corrected chi connectivity index (χ2v) is 5.63. The van der Waals surface area contributed by atoms with Gasteiger partial charge in [0.05, 0.1) is 20.8 Å². The molecular formula is C11H11Cl3N2. The zero-order valence-corrected chi connectivity index (χ0v) is 10.8. The fourth-order valence-corrected chi connectivity index (χ4v) is 3.33. The van der Waals surface area contributed by atoms with Crippen LogP contribution in [0.15, 0.2) is 6.07 Å². The normalized spacial score (nSPS) is 27.2. The van der Waals surface area contributed by atoms with Crippen LogP contribution >= 0.6 is 34.8 Å². The van der Waals surface area contributed by atoms with Crippen LogP contribution < -0.4 is 10.6 Å². The van der Waals surface area contributed by atoms with Crippen LogP contribution in [0.1, 0.15) is 12.0 Å². The lowest BCUT2D eigenvalue weighted by Gasteiger charge is -2.22. The van der Waals surface area contributed by atoms with Crippen molar-refractivity contribution in [1.82, 2.24) is 5.32 Å². The van der Waals surface area contributed by atoms with Crippen LogP contribution in [0, 0.1) is 0 Å². The molecule has 1 fully saturated rings. The lowest BCUT2D eigenvalue weighted by molar-refractivity contribution is 0.522. The van der Waals surface area contributed by atoms with Crippen LogP contribution in [0.3, 0.4) is 0 Å². The van der Waals surface area contributed by atoms with Crippen LogP contribution in [-0.2, 0) is 5.41 Å². The van der Waals surface area contributed by atoms with E-state index in [2.05, 4.69) is 10.6 Å². The summed E-state index contributed by atoms with van der Waals surface area (Å²) in [6.45, 7) is 2.92. The lowest BCUT2D eigenvalue weighted by Crippen LogP contribution is -2.30. The zero-order chi connectivity index (χ0) is 11.3. The van der Waals surface area contributed by atoms with E-state index >= 15 is 0 Å². The SMILES string of the molecule is Clc1cc2c(c(Cl)c1Cl)NCC21CCNC1. The maximum Gasteiger partial charge on any atom is 0.0841 e. The van der Waals surface area contributed by atoms with Gasteiger partial charge in [0, 0.05) is 18.5 Å². The van der Waals surface area contributed by atoms with Gasteiger partial charge in [0.2, 0.25) is 0 Å². The molecule has 86 valence electrons. The molecule has 0 aliphatic carbocycles. The van der Waals surface area contributed by atoms with Crippen molar-refractivity contribution in [1.29, 1.82) is 0 Å². The van der Waals surface area contributed by atoms with E-state index in [1.165, 1.54) is 5.56 Å². The second-order valence-electron chi connectivity index (χ2n) is 4.47. The Morgan fingerprint density at radius 2 is 1.94 bits per heavy atom. The molecule has 0 radical (unpaired) electrons. The van der Waals surface area contributed by atoms with Gasteiger partial charge in [-0.3, -0.25) is 0 Å². The van der Waals surface area contributed by atoms with Crippen LogP contribution in [0.5, 0.6) is 0 Å². The number of rotatable bonds is 0. The van der Waals surface area contributed by atoms with Gasteiger partial charge in [0.15, 0.2) is 0 Å². The third-order valence-corrected chi connectivity index (χ3v) is 4.84. The third-order valence-electron chi connectivity index (χ3n) is 3.58. The van der Waals surface area contributed by atoms with Gasteiger partial charge in [0.1, 0.15) is 0 Å². The summed E-state index contributed by atoms with van der Waals surface area (Å²) < 4.78 is 0. The van der Waals surface area contributed by atoms with E-state index in [0.717, 1.165) is 31.7 Å². The molecule has 16 heavy (non-hydrogen) atoms. The molecule has 1 aromatic carbocycles. The van der Waals surface area contributed by atoms with Gasteiger partial charge in [-0.2, -0.15) is 0 Å². The Labute approximate surface area is 109 Å². The summed E-state index contributed by atoms with van der Waals surface area (Å²) in [5.41, 5.74) is 2.31. The number of fused-ring (bicyclic) bond motifs is 2. The first-order valence-corrected chi connectivity index (χ1v) is 6.40. The number of nitrogens with one attached hydrogen (secondary N) is 2. The summed E-state index contributed by atoms with van der Waals surface area (Å²) in [7, 11) is 0. The molecule has 5 heteroatoms. The Morgan fingerprint density at radius 1 is 1.12 bits per heavy atom. The molecule has 0 amide bonds. The van der Waals surface area contributed by atoms with Crippen molar-refractivity contribution in [3.63, 3.8) is 0 Å². The molecule has 1 unspecified atom stereocenters. The minimum Gasteiger partial charge on any atom is -0.383 e. The van der Waals surface area contributed by atoms with E-state index in [4.69, 9.17) is 34.8 Å². The molecule has 1 spiro atoms. The largest absolute Gasteiger partial charge is 0.383 e. The molecule has 2 aliphatic rings. The van der Waals surface area contributed by atoms with Crippen molar-refractivity contribution in [2.24, 2.45) is 0 Å².